The minimum atomic E-state index is -1.83. The Morgan fingerprint density at radius 1 is 0.784 bits per heavy atom. The lowest BCUT2D eigenvalue weighted by atomic mass is 9.84. The maximum absolute atomic E-state index is 8.97. The average Bonchev–Trinajstić information content (AvgIpc) is 3.65. The van der Waals surface area contributed by atoms with Gasteiger partial charge >= 0.3 is 0 Å². The van der Waals surface area contributed by atoms with Crippen LogP contribution in [0.4, 0.5) is 0 Å². The van der Waals surface area contributed by atoms with E-state index in [1.807, 2.05) is 0 Å². The summed E-state index contributed by atoms with van der Waals surface area (Å²) in [5, 5.41) is 5.35. The molecule has 3 aromatic carbocycles. The summed E-state index contributed by atoms with van der Waals surface area (Å²) < 4.78 is 11.1. The summed E-state index contributed by atoms with van der Waals surface area (Å²) >= 11 is 0. The molecule has 1 aromatic heterocycles. The van der Waals surface area contributed by atoms with Crippen molar-refractivity contribution in [3.8, 4) is 11.3 Å². The number of hydrogen-bond acceptors (Lipinski definition) is 0. The van der Waals surface area contributed by atoms with E-state index in [4.69, 9.17) is 1.37 Å². The van der Waals surface area contributed by atoms with Crippen LogP contribution in [0.5, 0.6) is 0 Å². The van der Waals surface area contributed by atoms with Gasteiger partial charge in [0.2, 0.25) is 5.69 Å². The average molecular weight is 506 g/mol. The molecule has 1 heterocycles. The number of fused-ring (bicyclic) bond motifs is 1. The van der Waals surface area contributed by atoms with E-state index in [1.165, 1.54) is 89.3 Å². The lowest BCUT2D eigenvalue weighted by Crippen LogP contribution is -2.52. The molecule has 0 aliphatic heterocycles. The highest BCUT2D eigenvalue weighted by Gasteiger charge is 2.29. The molecule has 2 aliphatic rings. The predicted octanol–water partition coefficient (Wildman–Crippen LogP) is 7.78. The van der Waals surface area contributed by atoms with Gasteiger partial charge in [-0.1, -0.05) is 97.7 Å². The first-order chi connectivity index (χ1) is 18.3. The third kappa shape index (κ3) is 4.48. The second-order valence-electron chi connectivity index (χ2n) is 12.2. The van der Waals surface area contributed by atoms with Gasteiger partial charge in [-0.05, 0) is 78.7 Å². The first kappa shape index (κ1) is 23.4. The molecule has 0 spiro atoms. The van der Waals surface area contributed by atoms with Gasteiger partial charge in [0, 0.05) is 6.07 Å². The van der Waals surface area contributed by atoms with Crippen LogP contribution >= 0.6 is 0 Å². The topological polar surface area (TPSA) is 3.88 Å². The molecule has 0 amide bonds. The number of pyridine rings is 1. The van der Waals surface area contributed by atoms with E-state index in [0.717, 1.165) is 0 Å². The molecule has 37 heavy (non-hydrogen) atoms. The maximum atomic E-state index is 8.97. The molecule has 0 N–H and O–H groups in total. The highest BCUT2D eigenvalue weighted by molar-refractivity contribution is 7.00. The Labute approximate surface area is 226 Å². The smallest absolute Gasteiger partial charge is 0.200 e. The van der Waals surface area contributed by atoms with Crippen molar-refractivity contribution in [3.63, 3.8) is 0 Å². The first-order valence-corrected chi connectivity index (χ1v) is 17.5. The van der Waals surface area contributed by atoms with Gasteiger partial charge in [0.15, 0.2) is 6.17 Å². The molecular weight excluding hydrogens is 462 g/mol. The fraction of sp³-hybridized carbons (Fsp3) is 0.400. The van der Waals surface area contributed by atoms with Crippen LogP contribution in [0.3, 0.4) is 0 Å². The molecule has 0 bridgehead atoms. The minimum absolute atomic E-state index is 0.580. The van der Waals surface area contributed by atoms with Gasteiger partial charge in [-0.25, -0.2) is 4.57 Å². The Balaban J connectivity index is 1.55. The summed E-state index contributed by atoms with van der Waals surface area (Å²) in [7, 11) is 0.255. The van der Waals surface area contributed by atoms with E-state index in [2.05, 4.69) is 98.4 Å². The lowest BCUT2D eigenvalue weighted by Gasteiger charge is -2.24. The van der Waals surface area contributed by atoms with E-state index in [1.54, 1.807) is 11.1 Å². The maximum Gasteiger partial charge on any atom is 0.220 e. The van der Waals surface area contributed by atoms with Crippen molar-refractivity contribution in [1.29, 1.82) is 0 Å². The van der Waals surface area contributed by atoms with Crippen molar-refractivity contribution in [2.24, 2.45) is 7.05 Å². The summed E-state index contributed by atoms with van der Waals surface area (Å²) in [5.41, 5.74) is 7.13. The van der Waals surface area contributed by atoms with E-state index in [-0.39, 0.29) is 0 Å². The van der Waals surface area contributed by atoms with Crippen molar-refractivity contribution in [3.05, 3.63) is 89.6 Å². The van der Waals surface area contributed by atoms with Crippen molar-refractivity contribution >= 4 is 29.2 Å². The zero-order chi connectivity index (χ0) is 26.4. The molecule has 4 aromatic rings. The van der Waals surface area contributed by atoms with Gasteiger partial charge in [-0.3, -0.25) is 0 Å². The van der Waals surface area contributed by atoms with Crippen molar-refractivity contribution in [2.75, 3.05) is 0 Å². The summed E-state index contributed by atoms with van der Waals surface area (Å²) in [6, 6.07) is 25.3. The molecule has 2 fully saturated rings. The Morgan fingerprint density at radius 2 is 1.46 bits per heavy atom. The molecule has 2 heteroatoms. The highest BCUT2D eigenvalue weighted by Crippen LogP contribution is 2.43. The van der Waals surface area contributed by atoms with Gasteiger partial charge in [0.1, 0.15) is 16.5 Å². The number of hydrogen-bond donors (Lipinski definition) is 0. The molecular formula is C35H42NSi+. The van der Waals surface area contributed by atoms with Crippen LogP contribution in [0.15, 0.2) is 72.9 Å². The van der Waals surface area contributed by atoms with Crippen LogP contribution in [0.25, 0.3) is 22.0 Å². The quantitative estimate of drug-likeness (QED) is 0.193. The lowest BCUT2D eigenvalue weighted by molar-refractivity contribution is -0.659. The van der Waals surface area contributed by atoms with E-state index in [9.17, 15) is 0 Å². The Bertz CT molecular complexity index is 1480. The van der Waals surface area contributed by atoms with E-state index >= 15 is 0 Å². The van der Waals surface area contributed by atoms with Crippen molar-refractivity contribution in [1.82, 2.24) is 0 Å². The third-order valence-corrected chi connectivity index (χ3v) is 13.2. The Morgan fingerprint density at radius 3 is 2.16 bits per heavy atom. The molecule has 1 nitrogen and oxygen atoms in total. The number of nitrogens with zero attached hydrogens (tertiary/aromatic N) is 1. The molecule has 2 saturated carbocycles. The minimum Gasteiger partial charge on any atom is -0.200 e. The normalized spacial score (nSPS) is 17.6. The molecule has 0 saturated heterocycles. The standard InChI is InChI=1S/C35H42NSi/c1-25-33(27-14-10-11-15-27)23-29(26-12-8-9-13-26)24-34(25)35-32-19-18-31(22-28(32)20-21-36(35)2)37(3,4)30-16-6-5-7-17-30/h5-7,16-24,26-27H,8-15H2,1-4H3/q+1/i21D. The number of rotatable bonds is 5. The molecule has 190 valence electrons. The van der Waals surface area contributed by atoms with Gasteiger partial charge in [-0.15, -0.1) is 0 Å². The van der Waals surface area contributed by atoms with Crippen molar-refractivity contribution < 1.29 is 5.94 Å². The van der Waals surface area contributed by atoms with Crippen LogP contribution in [-0.4, -0.2) is 8.07 Å². The summed E-state index contributed by atoms with van der Waals surface area (Å²) in [5.74, 6) is 1.38. The molecule has 0 unspecified atom stereocenters. The van der Waals surface area contributed by atoms with Crippen LogP contribution in [0, 0.1) is 6.92 Å². The van der Waals surface area contributed by atoms with Gasteiger partial charge in [0.05, 0.1) is 10.9 Å². The Hall–Kier alpha value is -2.71. The van der Waals surface area contributed by atoms with Crippen molar-refractivity contribution in [2.45, 2.75) is 83.2 Å². The predicted molar refractivity (Wildman–Crippen MR) is 161 cm³/mol. The van der Waals surface area contributed by atoms with Gasteiger partial charge in [0.25, 0.3) is 0 Å². The molecule has 0 atom stereocenters. The fourth-order valence-corrected chi connectivity index (χ4v) is 9.58. The van der Waals surface area contributed by atoms with Crippen LogP contribution in [0.2, 0.25) is 13.1 Å². The molecule has 2 aliphatic carbocycles. The van der Waals surface area contributed by atoms with E-state index < -0.39 is 8.07 Å². The van der Waals surface area contributed by atoms with Crippen LogP contribution in [0.1, 0.15) is 81.3 Å². The zero-order valence-corrected chi connectivity index (χ0v) is 24.1. The summed E-state index contributed by atoms with van der Waals surface area (Å²) in [4.78, 5) is 0. The largest absolute Gasteiger partial charge is 0.220 e. The second kappa shape index (κ2) is 9.87. The number of benzene rings is 3. The van der Waals surface area contributed by atoms with Gasteiger partial charge in [-0.2, -0.15) is 0 Å². The summed E-state index contributed by atoms with van der Waals surface area (Å²) in [6.07, 6.45) is 11.3. The molecule has 6 rings (SSSR count). The fourth-order valence-electron chi connectivity index (χ4n) is 7.21. The third-order valence-electron chi connectivity index (χ3n) is 9.62. The highest BCUT2D eigenvalue weighted by atomic mass is 28.3. The first-order valence-electron chi connectivity index (χ1n) is 15.0. The zero-order valence-electron chi connectivity index (χ0n) is 24.1. The SMILES string of the molecule is [2H]c1cc2cc([Si](C)(C)c3ccccc3)ccc2c(-c2cc(C3CCCC3)cc(C3CCCC3)c2C)[n+]1C. The van der Waals surface area contributed by atoms with Crippen LogP contribution in [-0.2, 0) is 7.05 Å². The second-order valence-corrected chi connectivity index (χ2v) is 16.6. The number of aromatic nitrogens is 1. The Kier molecular flexibility index (Phi) is 6.25. The molecule has 0 radical (unpaired) electrons. The summed E-state index contributed by atoms with van der Waals surface area (Å²) in [6.45, 7) is 7.24. The van der Waals surface area contributed by atoms with Gasteiger partial charge < -0.3 is 0 Å². The van der Waals surface area contributed by atoms with E-state index in [0.29, 0.717) is 18.0 Å². The monoisotopic (exact) mass is 505 g/mol. The van der Waals surface area contributed by atoms with Crippen LogP contribution < -0.4 is 14.9 Å².